The lowest BCUT2D eigenvalue weighted by molar-refractivity contribution is -0.114. The van der Waals surface area contributed by atoms with Gasteiger partial charge in [-0.25, -0.2) is 0 Å². The molecule has 1 heterocycles. The lowest BCUT2D eigenvalue weighted by Gasteiger charge is -2.12. The van der Waals surface area contributed by atoms with E-state index in [1.165, 1.54) is 10.6 Å². The Bertz CT molecular complexity index is 1440. The van der Waals surface area contributed by atoms with Crippen LogP contribution in [0.5, 0.6) is 5.75 Å². The third-order valence-corrected chi connectivity index (χ3v) is 6.32. The van der Waals surface area contributed by atoms with Gasteiger partial charge in [0.15, 0.2) is 5.75 Å². The molecule has 4 aromatic carbocycles. The third-order valence-electron chi connectivity index (χ3n) is 5.76. The van der Waals surface area contributed by atoms with E-state index in [1.54, 1.807) is 18.2 Å². The first-order valence-corrected chi connectivity index (χ1v) is 12.2. The first kappa shape index (κ1) is 23.9. The monoisotopic (exact) mass is 512 g/mol. The van der Waals surface area contributed by atoms with Crippen molar-refractivity contribution in [2.75, 3.05) is 5.01 Å². The smallest absolute Gasteiger partial charge is 0.281 e. The predicted molar refractivity (Wildman–Crippen MR) is 147 cm³/mol. The lowest BCUT2D eigenvalue weighted by Crippen LogP contribution is -2.21. The van der Waals surface area contributed by atoms with Gasteiger partial charge in [-0.1, -0.05) is 102 Å². The molecule has 1 aliphatic heterocycles. The molecule has 0 aromatic heterocycles. The second kappa shape index (κ2) is 10.4. The van der Waals surface area contributed by atoms with Crippen LogP contribution in [0.25, 0.3) is 6.08 Å². The van der Waals surface area contributed by atoms with Crippen LogP contribution in [0.1, 0.15) is 22.3 Å². The number of ether oxygens (including phenoxy) is 1. The van der Waals surface area contributed by atoms with Gasteiger partial charge in [0.05, 0.1) is 21.3 Å². The lowest BCUT2D eigenvalue weighted by atomic mass is 10.00. The van der Waals surface area contributed by atoms with E-state index in [-0.39, 0.29) is 5.91 Å². The van der Waals surface area contributed by atoms with E-state index in [9.17, 15) is 4.79 Å². The number of benzene rings is 4. The molecule has 0 spiro atoms. The van der Waals surface area contributed by atoms with Crippen molar-refractivity contribution in [1.82, 2.24) is 0 Å². The number of aryl methyl sites for hydroxylation is 1. The topological polar surface area (TPSA) is 41.9 Å². The molecule has 0 aliphatic carbocycles. The molecule has 0 N–H and O–H groups in total. The Morgan fingerprint density at radius 3 is 2.11 bits per heavy atom. The summed E-state index contributed by atoms with van der Waals surface area (Å²) in [6.07, 6.45) is 1.76. The summed E-state index contributed by atoms with van der Waals surface area (Å²) in [4.78, 5) is 13.5. The summed E-state index contributed by atoms with van der Waals surface area (Å²) in [5, 5.41) is 6.80. The summed E-state index contributed by atoms with van der Waals surface area (Å²) < 4.78 is 5.92. The molecular formula is C30H22Cl2N2O2. The highest BCUT2D eigenvalue weighted by Gasteiger charge is 2.32. The van der Waals surface area contributed by atoms with E-state index in [0.717, 1.165) is 11.1 Å². The van der Waals surface area contributed by atoms with Gasteiger partial charge >= 0.3 is 0 Å². The van der Waals surface area contributed by atoms with Crippen LogP contribution in [0, 0.1) is 6.92 Å². The van der Waals surface area contributed by atoms with Crippen molar-refractivity contribution >= 4 is 46.6 Å². The molecule has 1 aliphatic rings. The van der Waals surface area contributed by atoms with Gasteiger partial charge in [-0.05, 0) is 48.4 Å². The van der Waals surface area contributed by atoms with Crippen molar-refractivity contribution in [2.45, 2.75) is 13.5 Å². The number of carbonyl (C=O) groups excluding carboxylic acids is 1. The van der Waals surface area contributed by atoms with Crippen molar-refractivity contribution in [3.8, 4) is 5.75 Å². The molecule has 6 heteroatoms. The quantitative estimate of drug-likeness (QED) is 0.248. The molecule has 178 valence electrons. The summed E-state index contributed by atoms with van der Waals surface area (Å²) in [5.41, 5.74) is 5.43. The number of amides is 1. The van der Waals surface area contributed by atoms with E-state index < -0.39 is 0 Å². The van der Waals surface area contributed by atoms with Crippen LogP contribution in [-0.4, -0.2) is 11.6 Å². The summed E-state index contributed by atoms with van der Waals surface area (Å²) in [6, 6.07) is 30.5. The number of carbonyl (C=O) groups is 1. The minimum absolute atomic E-state index is 0.230. The Morgan fingerprint density at radius 1 is 0.861 bits per heavy atom. The normalized spacial score (nSPS) is 14.3. The van der Waals surface area contributed by atoms with Crippen molar-refractivity contribution in [3.05, 3.63) is 135 Å². The zero-order valence-corrected chi connectivity index (χ0v) is 21.0. The van der Waals surface area contributed by atoms with Gasteiger partial charge in [0.1, 0.15) is 12.3 Å². The first-order valence-electron chi connectivity index (χ1n) is 11.4. The zero-order valence-electron chi connectivity index (χ0n) is 19.5. The van der Waals surface area contributed by atoms with Crippen molar-refractivity contribution in [3.63, 3.8) is 0 Å². The van der Waals surface area contributed by atoms with Crippen LogP contribution in [0.4, 0.5) is 5.69 Å². The predicted octanol–water partition coefficient (Wildman–Crippen LogP) is 7.72. The Hall–Kier alpha value is -3.86. The molecule has 0 unspecified atom stereocenters. The van der Waals surface area contributed by atoms with E-state index >= 15 is 0 Å². The number of halogens is 2. The Balaban J connectivity index is 1.47. The molecule has 0 atom stereocenters. The molecule has 0 saturated carbocycles. The van der Waals surface area contributed by atoms with Crippen molar-refractivity contribution < 1.29 is 9.53 Å². The summed E-state index contributed by atoms with van der Waals surface area (Å²) in [6.45, 7) is 2.38. The molecule has 4 nitrogen and oxygen atoms in total. The molecular weight excluding hydrogens is 491 g/mol. The molecule has 4 aromatic rings. The highest BCUT2D eigenvalue weighted by atomic mass is 35.5. The van der Waals surface area contributed by atoms with Crippen LogP contribution in [0.2, 0.25) is 10.0 Å². The molecule has 0 bridgehead atoms. The number of hydrogen-bond acceptors (Lipinski definition) is 3. The number of para-hydroxylation sites is 1. The van der Waals surface area contributed by atoms with Crippen LogP contribution in [0.15, 0.2) is 108 Å². The van der Waals surface area contributed by atoms with E-state index in [0.29, 0.717) is 44.9 Å². The van der Waals surface area contributed by atoms with E-state index in [1.807, 2.05) is 91.9 Å². The maximum Gasteiger partial charge on any atom is 0.281 e. The number of rotatable bonds is 6. The largest absolute Gasteiger partial charge is 0.486 e. The van der Waals surface area contributed by atoms with Crippen molar-refractivity contribution in [1.29, 1.82) is 0 Å². The van der Waals surface area contributed by atoms with Crippen molar-refractivity contribution in [2.24, 2.45) is 5.10 Å². The first-order chi connectivity index (χ1) is 17.5. The number of anilines is 1. The zero-order chi connectivity index (χ0) is 25.1. The molecule has 5 rings (SSSR count). The van der Waals surface area contributed by atoms with E-state index in [2.05, 4.69) is 5.10 Å². The Morgan fingerprint density at radius 2 is 1.47 bits per heavy atom. The fraction of sp³-hybridized carbons (Fsp3) is 0.0667. The van der Waals surface area contributed by atoms with Crippen LogP contribution < -0.4 is 9.75 Å². The molecule has 36 heavy (non-hydrogen) atoms. The summed E-state index contributed by atoms with van der Waals surface area (Å²) >= 11 is 13.1. The maximum absolute atomic E-state index is 13.5. The second-order valence-corrected chi connectivity index (χ2v) is 9.23. The maximum atomic E-state index is 13.5. The SMILES string of the molecule is Cc1ccc(COc2c(Cl)cc(/C=C3\C(=O)N(c4ccccc4)N=C3c3ccccc3)cc2Cl)cc1. The molecule has 0 radical (unpaired) electrons. The number of hydrogen-bond donors (Lipinski definition) is 0. The molecule has 0 fully saturated rings. The minimum Gasteiger partial charge on any atom is -0.486 e. The molecule has 1 amide bonds. The Labute approximate surface area is 220 Å². The number of hydrazone groups is 1. The summed E-state index contributed by atoms with van der Waals surface area (Å²) in [5.74, 6) is 0.175. The van der Waals surface area contributed by atoms with Crippen LogP contribution >= 0.6 is 23.2 Å². The standard InChI is InChI=1S/C30H22Cl2N2O2/c1-20-12-14-21(15-13-20)19-36-29-26(31)17-22(18-27(29)32)16-25-28(23-8-4-2-5-9-23)33-34(30(25)35)24-10-6-3-7-11-24/h2-18H,19H2,1H3/b25-16-. The summed E-state index contributed by atoms with van der Waals surface area (Å²) in [7, 11) is 0. The highest BCUT2D eigenvalue weighted by molar-refractivity contribution is 6.39. The highest BCUT2D eigenvalue weighted by Crippen LogP contribution is 2.36. The van der Waals surface area contributed by atoms with Gasteiger partial charge in [0, 0.05) is 5.56 Å². The van der Waals surface area contributed by atoms with Gasteiger partial charge in [-0.3, -0.25) is 4.79 Å². The average Bonchev–Trinajstić information content (AvgIpc) is 3.21. The van der Waals surface area contributed by atoms with Gasteiger partial charge in [-0.2, -0.15) is 10.1 Å². The van der Waals surface area contributed by atoms with Gasteiger partial charge in [0.25, 0.3) is 5.91 Å². The van der Waals surface area contributed by atoms with Crippen LogP contribution in [0.3, 0.4) is 0 Å². The van der Waals surface area contributed by atoms with Gasteiger partial charge < -0.3 is 4.74 Å². The molecule has 0 saturated heterocycles. The van der Waals surface area contributed by atoms with E-state index in [4.69, 9.17) is 27.9 Å². The Kier molecular flexibility index (Phi) is 6.90. The number of nitrogens with zero attached hydrogens (tertiary/aromatic N) is 2. The average molecular weight is 513 g/mol. The fourth-order valence-electron chi connectivity index (χ4n) is 3.91. The van der Waals surface area contributed by atoms with Gasteiger partial charge in [0.2, 0.25) is 0 Å². The third kappa shape index (κ3) is 5.06. The van der Waals surface area contributed by atoms with Crippen LogP contribution in [-0.2, 0) is 11.4 Å². The fourth-order valence-corrected chi connectivity index (χ4v) is 4.52. The van der Waals surface area contributed by atoms with Gasteiger partial charge in [-0.15, -0.1) is 0 Å². The second-order valence-electron chi connectivity index (χ2n) is 8.41. The minimum atomic E-state index is -0.230.